The Labute approximate surface area is 136 Å². The first-order valence-corrected chi connectivity index (χ1v) is 7.82. The van der Waals surface area contributed by atoms with Crippen LogP contribution in [0.1, 0.15) is 33.4 Å². The van der Waals surface area contributed by atoms with Gasteiger partial charge in [-0.3, -0.25) is 4.90 Å². The third-order valence-electron chi connectivity index (χ3n) is 3.47. The highest BCUT2D eigenvalue weighted by Crippen LogP contribution is 2.16. The second kappa shape index (κ2) is 6.79. The molecule has 0 N–H and O–H groups in total. The van der Waals surface area contributed by atoms with E-state index in [9.17, 15) is 4.79 Å². The molecule has 1 aromatic heterocycles. The van der Waals surface area contributed by atoms with Crippen LogP contribution in [-0.2, 0) is 11.3 Å². The maximum atomic E-state index is 12.1. The number of ether oxygens (including phenoxy) is 1. The maximum Gasteiger partial charge on any atom is 0.410 e. The standard InChI is InChI=1S/C15H23ClN4O2/c1-11-9-20(14(21)22-15(2,3)4)8-7-19(11)10-12-5-6-17-13(16)18-12/h5-6,11H,7-10H2,1-4H3/t11-/m0/s1. The molecule has 1 aliphatic rings. The second-order valence-corrected chi connectivity index (χ2v) is 6.90. The van der Waals surface area contributed by atoms with Crippen molar-refractivity contribution < 1.29 is 9.53 Å². The van der Waals surface area contributed by atoms with Crippen molar-refractivity contribution in [3.05, 3.63) is 23.2 Å². The van der Waals surface area contributed by atoms with Gasteiger partial charge < -0.3 is 9.64 Å². The van der Waals surface area contributed by atoms with Crippen LogP contribution in [0.2, 0.25) is 5.28 Å². The van der Waals surface area contributed by atoms with Gasteiger partial charge in [0.15, 0.2) is 0 Å². The molecule has 1 fully saturated rings. The molecule has 0 bridgehead atoms. The molecule has 0 saturated carbocycles. The molecule has 1 amide bonds. The zero-order valence-electron chi connectivity index (χ0n) is 13.5. The van der Waals surface area contributed by atoms with E-state index >= 15 is 0 Å². The van der Waals surface area contributed by atoms with Gasteiger partial charge in [0.2, 0.25) is 5.28 Å². The average molecular weight is 327 g/mol. The highest BCUT2D eigenvalue weighted by atomic mass is 35.5. The molecule has 1 aliphatic heterocycles. The van der Waals surface area contributed by atoms with E-state index in [1.54, 1.807) is 11.1 Å². The minimum atomic E-state index is -0.463. The second-order valence-electron chi connectivity index (χ2n) is 6.56. The molecule has 1 aromatic rings. The molecule has 0 aromatic carbocycles. The number of hydrogen-bond donors (Lipinski definition) is 0. The Morgan fingerprint density at radius 2 is 2.18 bits per heavy atom. The minimum absolute atomic E-state index is 0.231. The number of halogens is 1. The Balaban J connectivity index is 1.91. The van der Waals surface area contributed by atoms with Crippen LogP contribution in [0.25, 0.3) is 0 Å². The van der Waals surface area contributed by atoms with E-state index in [0.717, 1.165) is 12.2 Å². The third kappa shape index (κ3) is 4.81. The van der Waals surface area contributed by atoms with Crippen LogP contribution in [0.5, 0.6) is 0 Å². The van der Waals surface area contributed by atoms with Crippen molar-refractivity contribution in [1.82, 2.24) is 19.8 Å². The number of piperazine rings is 1. The first-order chi connectivity index (χ1) is 10.2. The SMILES string of the molecule is C[C@H]1CN(C(=O)OC(C)(C)C)CCN1Cc1ccnc(Cl)n1. The lowest BCUT2D eigenvalue weighted by molar-refractivity contribution is 0.00445. The van der Waals surface area contributed by atoms with Gasteiger partial charge in [-0.15, -0.1) is 0 Å². The molecular weight excluding hydrogens is 304 g/mol. The van der Waals surface area contributed by atoms with Crippen LogP contribution in [0, 0.1) is 0 Å². The van der Waals surface area contributed by atoms with Crippen molar-refractivity contribution in [3.63, 3.8) is 0 Å². The predicted octanol–water partition coefficient (Wildman–Crippen LogP) is 2.57. The van der Waals surface area contributed by atoms with Crippen LogP contribution < -0.4 is 0 Å². The van der Waals surface area contributed by atoms with Gasteiger partial charge in [-0.1, -0.05) is 0 Å². The van der Waals surface area contributed by atoms with Crippen molar-refractivity contribution in [3.8, 4) is 0 Å². The van der Waals surface area contributed by atoms with Crippen molar-refractivity contribution in [1.29, 1.82) is 0 Å². The summed E-state index contributed by atoms with van der Waals surface area (Å²) in [5.41, 5.74) is 0.424. The van der Waals surface area contributed by atoms with Crippen LogP contribution in [0.15, 0.2) is 12.3 Å². The van der Waals surface area contributed by atoms with Crippen molar-refractivity contribution in [2.75, 3.05) is 19.6 Å². The molecular formula is C15H23ClN4O2. The molecule has 0 radical (unpaired) electrons. The molecule has 22 heavy (non-hydrogen) atoms. The first kappa shape index (κ1) is 17.0. The van der Waals surface area contributed by atoms with Crippen molar-refractivity contribution in [2.24, 2.45) is 0 Å². The first-order valence-electron chi connectivity index (χ1n) is 7.44. The van der Waals surface area contributed by atoms with E-state index in [1.807, 2.05) is 26.8 Å². The summed E-state index contributed by atoms with van der Waals surface area (Å²) in [6.45, 7) is 10.5. The van der Waals surface area contributed by atoms with Gasteiger partial charge >= 0.3 is 6.09 Å². The van der Waals surface area contributed by atoms with Gasteiger partial charge in [0.25, 0.3) is 0 Å². The fraction of sp³-hybridized carbons (Fsp3) is 0.667. The smallest absolute Gasteiger partial charge is 0.410 e. The molecule has 0 aliphatic carbocycles. The fourth-order valence-corrected chi connectivity index (χ4v) is 2.55. The molecule has 1 atom stereocenters. The maximum absolute atomic E-state index is 12.1. The van der Waals surface area contributed by atoms with E-state index in [4.69, 9.17) is 16.3 Å². The average Bonchev–Trinajstić information content (AvgIpc) is 2.39. The van der Waals surface area contributed by atoms with Crippen LogP contribution >= 0.6 is 11.6 Å². The van der Waals surface area contributed by atoms with Gasteiger partial charge in [-0.2, -0.15) is 0 Å². The normalized spacial score (nSPS) is 20.0. The minimum Gasteiger partial charge on any atom is -0.444 e. The van der Waals surface area contributed by atoms with Crippen molar-refractivity contribution in [2.45, 2.75) is 45.9 Å². The quantitative estimate of drug-likeness (QED) is 0.782. The number of nitrogens with zero attached hydrogens (tertiary/aromatic N) is 4. The summed E-state index contributed by atoms with van der Waals surface area (Å²) in [7, 11) is 0. The number of carbonyl (C=O) groups excluding carboxylic acids is 1. The molecule has 2 heterocycles. The Hall–Kier alpha value is -1.40. The molecule has 7 heteroatoms. The summed E-state index contributed by atoms with van der Waals surface area (Å²) in [5, 5.41) is 0.262. The van der Waals surface area contributed by atoms with Gasteiger partial charge in [0.05, 0.1) is 5.69 Å². The molecule has 2 rings (SSSR count). The lowest BCUT2D eigenvalue weighted by Crippen LogP contribution is -2.54. The van der Waals surface area contributed by atoms with E-state index in [0.29, 0.717) is 19.6 Å². The Kier molecular flexibility index (Phi) is 5.24. The molecule has 122 valence electrons. The van der Waals surface area contributed by atoms with Gasteiger partial charge in [0, 0.05) is 38.4 Å². The molecule has 0 spiro atoms. The monoisotopic (exact) mass is 326 g/mol. The van der Waals surface area contributed by atoms with Crippen LogP contribution in [0.3, 0.4) is 0 Å². The fourth-order valence-electron chi connectivity index (χ4n) is 2.39. The largest absolute Gasteiger partial charge is 0.444 e. The zero-order valence-corrected chi connectivity index (χ0v) is 14.3. The summed E-state index contributed by atoms with van der Waals surface area (Å²) in [6, 6.07) is 2.09. The van der Waals surface area contributed by atoms with Gasteiger partial charge in [-0.05, 0) is 45.4 Å². The molecule has 0 unspecified atom stereocenters. The Morgan fingerprint density at radius 1 is 1.45 bits per heavy atom. The molecule has 1 saturated heterocycles. The predicted molar refractivity (Wildman–Crippen MR) is 84.7 cm³/mol. The van der Waals surface area contributed by atoms with E-state index in [1.165, 1.54) is 0 Å². The van der Waals surface area contributed by atoms with Crippen LogP contribution in [-0.4, -0.2) is 57.1 Å². The summed E-state index contributed by atoms with van der Waals surface area (Å²) >= 11 is 5.81. The topological polar surface area (TPSA) is 58.6 Å². The van der Waals surface area contributed by atoms with Gasteiger partial charge in [0.1, 0.15) is 5.60 Å². The Bertz CT molecular complexity index is 533. The zero-order chi connectivity index (χ0) is 16.3. The summed E-state index contributed by atoms with van der Waals surface area (Å²) in [4.78, 5) is 24.3. The lowest BCUT2D eigenvalue weighted by Gasteiger charge is -2.40. The number of rotatable bonds is 2. The summed E-state index contributed by atoms with van der Waals surface area (Å²) in [6.07, 6.45) is 1.41. The highest BCUT2D eigenvalue weighted by molar-refractivity contribution is 6.28. The van der Waals surface area contributed by atoms with Gasteiger partial charge in [-0.25, -0.2) is 14.8 Å². The Morgan fingerprint density at radius 3 is 2.77 bits per heavy atom. The van der Waals surface area contributed by atoms with Crippen LogP contribution in [0.4, 0.5) is 4.79 Å². The number of carbonyl (C=O) groups is 1. The van der Waals surface area contributed by atoms with E-state index in [2.05, 4.69) is 21.8 Å². The van der Waals surface area contributed by atoms with E-state index in [-0.39, 0.29) is 17.4 Å². The van der Waals surface area contributed by atoms with E-state index < -0.39 is 5.60 Å². The third-order valence-corrected chi connectivity index (χ3v) is 3.65. The summed E-state index contributed by atoms with van der Waals surface area (Å²) < 4.78 is 5.43. The highest BCUT2D eigenvalue weighted by Gasteiger charge is 2.29. The number of aromatic nitrogens is 2. The molecule has 6 nitrogen and oxygen atoms in total. The lowest BCUT2D eigenvalue weighted by atomic mass is 10.2. The number of hydrogen-bond acceptors (Lipinski definition) is 5. The summed E-state index contributed by atoms with van der Waals surface area (Å²) in [5.74, 6) is 0. The number of amides is 1. The van der Waals surface area contributed by atoms with Crippen molar-refractivity contribution >= 4 is 17.7 Å².